The van der Waals surface area contributed by atoms with Gasteiger partial charge in [0.2, 0.25) is 0 Å². The Labute approximate surface area is 115 Å². The average Bonchev–Trinajstić information content (AvgIpc) is 2.88. The summed E-state index contributed by atoms with van der Waals surface area (Å²) in [6.07, 6.45) is 2.36. The quantitative estimate of drug-likeness (QED) is 0.876. The minimum absolute atomic E-state index is 0.574. The third kappa shape index (κ3) is 2.87. The van der Waals surface area contributed by atoms with E-state index in [1.807, 2.05) is 0 Å². The number of hydrogen-bond donors (Lipinski definition) is 1. The Morgan fingerprint density at radius 1 is 0.947 bits per heavy atom. The van der Waals surface area contributed by atoms with Crippen molar-refractivity contribution in [3.05, 3.63) is 71.3 Å². The van der Waals surface area contributed by atoms with E-state index in [-0.39, 0.29) is 0 Å². The first kappa shape index (κ1) is 12.4. The fourth-order valence-corrected chi connectivity index (χ4v) is 2.95. The summed E-state index contributed by atoms with van der Waals surface area (Å²) in [6, 6.07) is 20.2. The largest absolute Gasteiger partial charge is 0.313 e. The van der Waals surface area contributed by atoms with Crippen LogP contribution in [0.4, 0.5) is 0 Å². The van der Waals surface area contributed by atoms with Crippen LogP contribution >= 0.6 is 0 Å². The van der Waals surface area contributed by atoms with E-state index in [9.17, 15) is 0 Å². The van der Waals surface area contributed by atoms with Crippen molar-refractivity contribution in [2.24, 2.45) is 0 Å². The highest BCUT2D eigenvalue weighted by Gasteiger charge is 2.20. The fourth-order valence-electron chi connectivity index (χ4n) is 2.95. The van der Waals surface area contributed by atoms with Crippen LogP contribution < -0.4 is 5.32 Å². The zero-order valence-corrected chi connectivity index (χ0v) is 11.5. The van der Waals surface area contributed by atoms with Crippen molar-refractivity contribution in [1.82, 2.24) is 5.32 Å². The van der Waals surface area contributed by atoms with E-state index in [0.717, 1.165) is 6.54 Å². The molecule has 1 unspecified atom stereocenters. The van der Waals surface area contributed by atoms with Gasteiger partial charge in [-0.3, -0.25) is 0 Å². The first-order valence-electron chi connectivity index (χ1n) is 7.18. The minimum atomic E-state index is 0.574. The maximum absolute atomic E-state index is 3.73. The van der Waals surface area contributed by atoms with Crippen LogP contribution in [0.2, 0.25) is 0 Å². The van der Waals surface area contributed by atoms with Gasteiger partial charge < -0.3 is 5.32 Å². The third-order valence-electron chi connectivity index (χ3n) is 4.13. The van der Waals surface area contributed by atoms with Crippen molar-refractivity contribution in [2.45, 2.75) is 31.7 Å². The number of nitrogens with one attached hydrogen (secondary N) is 1. The zero-order valence-electron chi connectivity index (χ0n) is 11.5. The van der Waals surface area contributed by atoms with Crippen LogP contribution in [-0.4, -0.2) is 12.6 Å². The van der Waals surface area contributed by atoms with Crippen LogP contribution in [0.3, 0.4) is 0 Å². The predicted molar refractivity (Wildman–Crippen MR) is 80.5 cm³/mol. The molecule has 0 heterocycles. The smallest absolute Gasteiger partial charge is 0.0148 e. The molecule has 0 spiro atoms. The molecule has 0 saturated carbocycles. The average molecular weight is 251 g/mol. The van der Waals surface area contributed by atoms with Crippen molar-refractivity contribution in [3.63, 3.8) is 0 Å². The highest BCUT2D eigenvalue weighted by Crippen LogP contribution is 2.22. The molecule has 1 nitrogen and oxygen atoms in total. The lowest BCUT2D eigenvalue weighted by Crippen LogP contribution is -2.32. The standard InChI is InChI=1S/C18H21N/c1-14(15-7-3-2-4-8-15)13-19-18-11-16-9-5-6-10-17(16)12-18/h2-10,14,18-19H,11-13H2,1H3. The Balaban J connectivity index is 1.55. The third-order valence-corrected chi connectivity index (χ3v) is 4.13. The number of rotatable bonds is 4. The Hall–Kier alpha value is -1.60. The molecular formula is C18H21N. The Bertz CT molecular complexity index is 507. The molecule has 19 heavy (non-hydrogen) atoms. The van der Waals surface area contributed by atoms with Crippen molar-refractivity contribution < 1.29 is 0 Å². The minimum Gasteiger partial charge on any atom is -0.313 e. The van der Waals surface area contributed by atoms with Crippen LogP contribution in [0.5, 0.6) is 0 Å². The summed E-state index contributed by atoms with van der Waals surface area (Å²) in [5.41, 5.74) is 4.46. The molecule has 98 valence electrons. The van der Waals surface area contributed by atoms with Gasteiger partial charge in [-0.1, -0.05) is 61.5 Å². The maximum atomic E-state index is 3.73. The van der Waals surface area contributed by atoms with Gasteiger partial charge in [0.15, 0.2) is 0 Å². The summed E-state index contributed by atoms with van der Waals surface area (Å²) in [7, 11) is 0. The summed E-state index contributed by atoms with van der Waals surface area (Å²) in [5.74, 6) is 0.574. The Kier molecular flexibility index (Phi) is 3.65. The van der Waals surface area contributed by atoms with Gasteiger partial charge in [-0.15, -0.1) is 0 Å². The van der Waals surface area contributed by atoms with E-state index >= 15 is 0 Å². The molecular weight excluding hydrogens is 230 g/mol. The second-order valence-electron chi connectivity index (χ2n) is 5.59. The summed E-state index contributed by atoms with van der Waals surface area (Å²) in [4.78, 5) is 0. The molecule has 1 N–H and O–H groups in total. The van der Waals surface area contributed by atoms with Crippen molar-refractivity contribution in [1.29, 1.82) is 0 Å². The van der Waals surface area contributed by atoms with Crippen LogP contribution in [0.25, 0.3) is 0 Å². The monoisotopic (exact) mass is 251 g/mol. The van der Waals surface area contributed by atoms with Crippen LogP contribution in [0, 0.1) is 0 Å². The molecule has 0 aliphatic heterocycles. The molecule has 0 fully saturated rings. The molecule has 1 aliphatic rings. The molecule has 1 aliphatic carbocycles. The van der Waals surface area contributed by atoms with Crippen LogP contribution in [-0.2, 0) is 12.8 Å². The van der Waals surface area contributed by atoms with E-state index in [4.69, 9.17) is 0 Å². The number of fused-ring (bicyclic) bond motifs is 1. The fraction of sp³-hybridized carbons (Fsp3) is 0.333. The lowest BCUT2D eigenvalue weighted by Gasteiger charge is -2.17. The molecule has 0 saturated heterocycles. The van der Waals surface area contributed by atoms with E-state index in [2.05, 4.69) is 66.8 Å². The van der Waals surface area contributed by atoms with Gasteiger partial charge in [0.1, 0.15) is 0 Å². The zero-order chi connectivity index (χ0) is 13.1. The van der Waals surface area contributed by atoms with Crippen LogP contribution in [0.1, 0.15) is 29.5 Å². The number of hydrogen-bond acceptors (Lipinski definition) is 1. The lowest BCUT2D eigenvalue weighted by atomic mass is 10.0. The van der Waals surface area contributed by atoms with E-state index in [0.29, 0.717) is 12.0 Å². The lowest BCUT2D eigenvalue weighted by molar-refractivity contribution is 0.506. The molecule has 0 aromatic heterocycles. The first-order valence-corrected chi connectivity index (χ1v) is 7.18. The second-order valence-corrected chi connectivity index (χ2v) is 5.59. The van der Waals surface area contributed by atoms with Gasteiger partial charge in [-0.2, -0.15) is 0 Å². The molecule has 0 radical (unpaired) electrons. The maximum Gasteiger partial charge on any atom is 0.0148 e. The van der Waals surface area contributed by atoms with Crippen molar-refractivity contribution >= 4 is 0 Å². The van der Waals surface area contributed by atoms with Crippen molar-refractivity contribution in [2.75, 3.05) is 6.54 Å². The molecule has 2 aromatic rings. The first-order chi connectivity index (χ1) is 9.33. The second kappa shape index (κ2) is 5.58. The molecule has 3 rings (SSSR count). The highest BCUT2D eigenvalue weighted by atomic mass is 14.9. The van der Waals surface area contributed by atoms with E-state index in [1.165, 1.54) is 29.5 Å². The van der Waals surface area contributed by atoms with E-state index < -0.39 is 0 Å². The van der Waals surface area contributed by atoms with Gasteiger partial charge in [-0.05, 0) is 35.4 Å². The highest BCUT2D eigenvalue weighted by molar-refractivity contribution is 5.33. The van der Waals surface area contributed by atoms with Crippen molar-refractivity contribution in [3.8, 4) is 0 Å². The molecule has 1 atom stereocenters. The Morgan fingerprint density at radius 2 is 1.53 bits per heavy atom. The van der Waals surface area contributed by atoms with Gasteiger partial charge in [-0.25, -0.2) is 0 Å². The normalized spacial score (nSPS) is 16.3. The summed E-state index contributed by atoms with van der Waals surface area (Å²) in [6.45, 7) is 3.35. The van der Waals surface area contributed by atoms with E-state index in [1.54, 1.807) is 0 Å². The summed E-state index contributed by atoms with van der Waals surface area (Å²) in [5, 5.41) is 3.73. The molecule has 1 heteroatoms. The number of benzene rings is 2. The molecule has 2 aromatic carbocycles. The Morgan fingerprint density at radius 3 is 2.16 bits per heavy atom. The molecule has 0 bridgehead atoms. The van der Waals surface area contributed by atoms with Crippen LogP contribution in [0.15, 0.2) is 54.6 Å². The van der Waals surface area contributed by atoms with Gasteiger partial charge in [0.25, 0.3) is 0 Å². The topological polar surface area (TPSA) is 12.0 Å². The SMILES string of the molecule is CC(CNC1Cc2ccccc2C1)c1ccccc1. The summed E-state index contributed by atoms with van der Waals surface area (Å²) >= 11 is 0. The summed E-state index contributed by atoms with van der Waals surface area (Å²) < 4.78 is 0. The molecule has 0 amide bonds. The van der Waals surface area contributed by atoms with Gasteiger partial charge in [0, 0.05) is 12.6 Å². The van der Waals surface area contributed by atoms with Gasteiger partial charge >= 0.3 is 0 Å². The van der Waals surface area contributed by atoms with Gasteiger partial charge in [0.05, 0.1) is 0 Å². The predicted octanol–water partition coefficient (Wildman–Crippen LogP) is 3.55.